The second-order valence-electron chi connectivity index (χ2n) is 4.13. The minimum atomic E-state index is -0.784. The Kier molecular flexibility index (Phi) is 4.45. The van der Waals surface area contributed by atoms with E-state index in [0.29, 0.717) is 5.57 Å². The first-order valence-electron chi connectivity index (χ1n) is 5.67. The SMILES string of the molecule is Fc1cc(F)cc(C=C(CCl)c2ccc(F)cc2F)c1. The Hall–Kier alpha value is -1.81. The number of allylic oxidation sites excluding steroid dienone is 1. The minimum absolute atomic E-state index is 0.0827. The van der Waals surface area contributed by atoms with Gasteiger partial charge in [-0.2, -0.15) is 0 Å². The van der Waals surface area contributed by atoms with E-state index in [4.69, 9.17) is 11.6 Å². The molecule has 0 heterocycles. The lowest BCUT2D eigenvalue weighted by Gasteiger charge is -2.06. The van der Waals surface area contributed by atoms with Crippen LogP contribution in [0.15, 0.2) is 36.4 Å². The molecule has 0 amide bonds. The number of rotatable bonds is 3. The second kappa shape index (κ2) is 6.09. The van der Waals surface area contributed by atoms with Gasteiger partial charge in [-0.3, -0.25) is 0 Å². The zero-order valence-electron chi connectivity index (χ0n) is 10.1. The van der Waals surface area contributed by atoms with Crippen molar-refractivity contribution in [3.8, 4) is 0 Å². The van der Waals surface area contributed by atoms with E-state index in [9.17, 15) is 17.6 Å². The van der Waals surface area contributed by atoms with Crippen LogP contribution >= 0.6 is 11.6 Å². The summed E-state index contributed by atoms with van der Waals surface area (Å²) in [6.07, 6.45) is 1.36. The maximum Gasteiger partial charge on any atom is 0.133 e. The van der Waals surface area contributed by atoms with E-state index in [1.807, 2.05) is 0 Å². The predicted octanol–water partition coefficient (Wildman–Crippen LogP) is 5.02. The molecule has 0 fully saturated rings. The molecule has 2 aromatic carbocycles. The van der Waals surface area contributed by atoms with Crippen LogP contribution in [-0.4, -0.2) is 5.88 Å². The van der Waals surface area contributed by atoms with Crippen LogP contribution in [0.3, 0.4) is 0 Å². The molecule has 0 aromatic heterocycles. The highest BCUT2D eigenvalue weighted by atomic mass is 35.5. The van der Waals surface area contributed by atoms with Crippen molar-refractivity contribution in [3.05, 3.63) is 70.8 Å². The van der Waals surface area contributed by atoms with Crippen molar-refractivity contribution in [1.82, 2.24) is 0 Å². The third-order valence-corrected chi connectivity index (χ3v) is 2.93. The average molecular weight is 301 g/mol. The van der Waals surface area contributed by atoms with Gasteiger partial charge in [-0.25, -0.2) is 17.6 Å². The van der Waals surface area contributed by atoms with Gasteiger partial charge in [0.2, 0.25) is 0 Å². The highest BCUT2D eigenvalue weighted by Crippen LogP contribution is 2.23. The summed E-state index contributed by atoms with van der Waals surface area (Å²) in [6.45, 7) is 0. The molecule has 0 saturated heterocycles. The van der Waals surface area contributed by atoms with Gasteiger partial charge in [-0.05, 0) is 41.5 Å². The van der Waals surface area contributed by atoms with E-state index in [0.717, 1.165) is 30.3 Å². The Labute approximate surface area is 118 Å². The second-order valence-corrected chi connectivity index (χ2v) is 4.40. The summed E-state index contributed by atoms with van der Waals surface area (Å²) in [5.41, 5.74) is 0.599. The molecule has 104 valence electrons. The van der Waals surface area contributed by atoms with E-state index in [1.54, 1.807) is 0 Å². The molecule has 0 aliphatic rings. The van der Waals surface area contributed by atoms with Crippen LogP contribution in [0.25, 0.3) is 11.6 Å². The molecule has 0 aliphatic carbocycles. The first-order valence-corrected chi connectivity index (χ1v) is 6.21. The standard InChI is InChI=1S/C15H9ClF4/c16-8-10(14-2-1-11(17)7-15(14)20)3-9-4-12(18)6-13(19)5-9/h1-7H,8H2. The summed E-state index contributed by atoms with van der Waals surface area (Å²) < 4.78 is 52.7. The van der Waals surface area contributed by atoms with E-state index in [-0.39, 0.29) is 17.0 Å². The molecule has 0 saturated carbocycles. The normalized spacial score (nSPS) is 11.8. The lowest BCUT2D eigenvalue weighted by molar-refractivity contribution is 0.581. The fourth-order valence-corrected chi connectivity index (χ4v) is 2.02. The van der Waals surface area contributed by atoms with Crippen molar-refractivity contribution >= 4 is 23.3 Å². The van der Waals surface area contributed by atoms with Crippen LogP contribution in [0.5, 0.6) is 0 Å². The smallest absolute Gasteiger partial charge is 0.133 e. The van der Waals surface area contributed by atoms with Crippen LogP contribution < -0.4 is 0 Å². The van der Waals surface area contributed by atoms with Crippen LogP contribution in [0, 0.1) is 23.3 Å². The largest absolute Gasteiger partial charge is 0.207 e. The fraction of sp³-hybridized carbons (Fsp3) is 0.0667. The van der Waals surface area contributed by atoms with Crippen molar-refractivity contribution in [2.75, 3.05) is 5.88 Å². The highest BCUT2D eigenvalue weighted by Gasteiger charge is 2.09. The molecule has 0 bridgehead atoms. The molecule has 20 heavy (non-hydrogen) atoms. The van der Waals surface area contributed by atoms with Crippen molar-refractivity contribution in [1.29, 1.82) is 0 Å². The van der Waals surface area contributed by atoms with Gasteiger partial charge < -0.3 is 0 Å². The Morgan fingerprint density at radius 2 is 1.55 bits per heavy atom. The Bertz CT molecular complexity index is 645. The quantitative estimate of drug-likeness (QED) is 0.424. The van der Waals surface area contributed by atoms with Crippen LogP contribution in [-0.2, 0) is 0 Å². The lowest BCUT2D eigenvalue weighted by atomic mass is 10.0. The summed E-state index contributed by atoms with van der Waals surface area (Å²) in [5, 5.41) is 0. The maximum absolute atomic E-state index is 13.7. The number of hydrogen-bond acceptors (Lipinski definition) is 0. The molecule has 0 spiro atoms. The van der Waals surface area contributed by atoms with Gasteiger partial charge >= 0.3 is 0 Å². The van der Waals surface area contributed by atoms with Crippen molar-refractivity contribution in [3.63, 3.8) is 0 Å². The van der Waals surface area contributed by atoms with E-state index in [1.165, 1.54) is 12.1 Å². The van der Waals surface area contributed by atoms with Crippen molar-refractivity contribution < 1.29 is 17.6 Å². The summed E-state index contributed by atoms with van der Waals surface area (Å²) in [7, 11) is 0. The summed E-state index contributed by atoms with van der Waals surface area (Å²) in [4.78, 5) is 0. The highest BCUT2D eigenvalue weighted by molar-refractivity contribution is 6.24. The molecule has 5 heteroatoms. The number of alkyl halides is 1. The number of benzene rings is 2. The van der Waals surface area contributed by atoms with Gasteiger partial charge in [0.25, 0.3) is 0 Å². The van der Waals surface area contributed by atoms with Gasteiger partial charge in [0.1, 0.15) is 23.3 Å². The molecule has 2 aromatic rings. The van der Waals surface area contributed by atoms with Gasteiger partial charge in [0.15, 0.2) is 0 Å². The van der Waals surface area contributed by atoms with E-state index in [2.05, 4.69) is 0 Å². The molecule has 0 nitrogen and oxygen atoms in total. The molecule has 0 atom stereocenters. The van der Waals surface area contributed by atoms with E-state index >= 15 is 0 Å². The molecular weight excluding hydrogens is 292 g/mol. The maximum atomic E-state index is 13.7. The third-order valence-electron chi connectivity index (χ3n) is 2.65. The zero-order chi connectivity index (χ0) is 14.7. The summed E-state index contributed by atoms with van der Waals surface area (Å²) in [5.74, 6) is -3.07. The summed E-state index contributed by atoms with van der Waals surface area (Å²) in [6, 6.07) is 5.96. The molecule has 0 aliphatic heterocycles. The van der Waals surface area contributed by atoms with Gasteiger partial charge in [0.05, 0.1) is 0 Å². The van der Waals surface area contributed by atoms with Crippen LogP contribution in [0.4, 0.5) is 17.6 Å². The van der Waals surface area contributed by atoms with Gasteiger partial charge in [-0.1, -0.05) is 0 Å². The first kappa shape index (κ1) is 14.6. The van der Waals surface area contributed by atoms with Crippen molar-refractivity contribution in [2.45, 2.75) is 0 Å². The molecule has 0 radical (unpaired) electrons. The van der Waals surface area contributed by atoms with Gasteiger partial charge in [-0.15, -0.1) is 11.6 Å². The van der Waals surface area contributed by atoms with Crippen LogP contribution in [0.1, 0.15) is 11.1 Å². The van der Waals surface area contributed by atoms with Crippen LogP contribution in [0.2, 0.25) is 0 Å². The van der Waals surface area contributed by atoms with Gasteiger partial charge in [0, 0.05) is 23.6 Å². The average Bonchev–Trinajstić information content (AvgIpc) is 2.35. The number of hydrogen-bond donors (Lipinski definition) is 0. The molecular formula is C15H9ClF4. The lowest BCUT2D eigenvalue weighted by Crippen LogP contribution is -1.93. The topological polar surface area (TPSA) is 0 Å². The summed E-state index contributed by atoms with van der Waals surface area (Å²) >= 11 is 5.73. The predicted molar refractivity (Wildman–Crippen MR) is 71.3 cm³/mol. The Morgan fingerprint density at radius 3 is 2.10 bits per heavy atom. The van der Waals surface area contributed by atoms with E-state index < -0.39 is 23.3 Å². The molecule has 0 N–H and O–H groups in total. The molecule has 2 rings (SSSR count). The minimum Gasteiger partial charge on any atom is -0.207 e. The van der Waals surface area contributed by atoms with Crippen molar-refractivity contribution in [2.24, 2.45) is 0 Å². The third kappa shape index (κ3) is 3.39. The number of halogens is 5. The molecule has 0 unspecified atom stereocenters. The zero-order valence-corrected chi connectivity index (χ0v) is 10.9. The first-order chi connectivity index (χ1) is 9.49. The Balaban J connectivity index is 2.48. The Morgan fingerprint density at radius 1 is 0.900 bits per heavy atom. The fourth-order valence-electron chi connectivity index (χ4n) is 1.80. The monoisotopic (exact) mass is 300 g/mol.